The lowest BCUT2D eigenvalue weighted by Crippen LogP contribution is -2.32. The molecule has 0 saturated heterocycles. The predicted octanol–water partition coefficient (Wildman–Crippen LogP) is 5.11. The van der Waals surface area contributed by atoms with Crippen LogP contribution >= 0.6 is 11.6 Å². The van der Waals surface area contributed by atoms with E-state index in [-0.39, 0.29) is 23.2 Å². The van der Waals surface area contributed by atoms with E-state index in [4.69, 9.17) is 11.6 Å². The van der Waals surface area contributed by atoms with Gasteiger partial charge in [0.25, 0.3) is 5.91 Å². The maximum absolute atomic E-state index is 13.7. The lowest BCUT2D eigenvalue weighted by molar-refractivity contribution is 0.0984. The number of rotatable bonds is 6. The molecule has 178 valence electrons. The summed E-state index contributed by atoms with van der Waals surface area (Å²) in [6, 6.07) is 14.4. The number of aromatic nitrogens is 3. The molecule has 3 heterocycles. The van der Waals surface area contributed by atoms with E-state index in [0.717, 1.165) is 41.3 Å². The SMILES string of the molecule is Cc1cc2ccc(CN(C(=O)c3ccc(C4CC4)nc3)c3cccnc3S(C)(=O)=O)cc2nc1Cl. The summed E-state index contributed by atoms with van der Waals surface area (Å²) in [5.74, 6) is 0.0960. The normalized spacial score (nSPS) is 13.7. The molecule has 4 aromatic rings. The molecule has 7 nitrogen and oxygen atoms in total. The van der Waals surface area contributed by atoms with Gasteiger partial charge in [0.05, 0.1) is 23.3 Å². The molecule has 1 aliphatic rings. The first-order valence-electron chi connectivity index (χ1n) is 11.2. The van der Waals surface area contributed by atoms with Gasteiger partial charge in [0, 0.05) is 35.6 Å². The zero-order valence-electron chi connectivity index (χ0n) is 19.3. The molecule has 1 amide bonds. The number of nitrogens with zero attached hydrogens (tertiary/aromatic N) is 4. The number of fused-ring (bicyclic) bond motifs is 1. The van der Waals surface area contributed by atoms with E-state index in [1.165, 1.54) is 11.1 Å². The Balaban J connectivity index is 1.58. The van der Waals surface area contributed by atoms with Gasteiger partial charge in [-0.05, 0) is 67.3 Å². The van der Waals surface area contributed by atoms with Crippen LogP contribution in [0.25, 0.3) is 10.9 Å². The van der Waals surface area contributed by atoms with Crippen molar-refractivity contribution in [1.29, 1.82) is 0 Å². The van der Waals surface area contributed by atoms with Crippen molar-refractivity contribution in [3.05, 3.63) is 88.5 Å². The number of pyridine rings is 3. The number of carbonyl (C=O) groups excluding carboxylic acids is 1. The average Bonchev–Trinajstić information content (AvgIpc) is 3.68. The molecule has 35 heavy (non-hydrogen) atoms. The molecule has 3 aromatic heterocycles. The number of hydrogen-bond acceptors (Lipinski definition) is 6. The van der Waals surface area contributed by atoms with Crippen LogP contribution in [0.15, 0.2) is 66.0 Å². The summed E-state index contributed by atoms with van der Waals surface area (Å²) >= 11 is 6.22. The molecule has 0 aliphatic heterocycles. The van der Waals surface area contributed by atoms with Gasteiger partial charge in [0.1, 0.15) is 5.15 Å². The molecule has 0 atom stereocenters. The summed E-state index contributed by atoms with van der Waals surface area (Å²) < 4.78 is 25.0. The predicted molar refractivity (Wildman–Crippen MR) is 136 cm³/mol. The lowest BCUT2D eigenvalue weighted by atomic mass is 10.1. The highest BCUT2D eigenvalue weighted by Gasteiger charge is 2.28. The van der Waals surface area contributed by atoms with E-state index < -0.39 is 9.84 Å². The van der Waals surface area contributed by atoms with Crippen molar-refractivity contribution >= 4 is 43.9 Å². The van der Waals surface area contributed by atoms with E-state index in [2.05, 4.69) is 15.0 Å². The fraction of sp³-hybridized carbons (Fsp3) is 0.231. The largest absolute Gasteiger partial charge is 0.301 e. The van der Waals surface area contributed by atoms with Gasteiger partial charge >= 0.3 is 0 Å². The van der Waals surface area contributed by atoms with Crippen molar-refractivity contribution in [2.45, 2.75) is 37.3 Å². The van der Waals surface area contributed by atoms with Crippen LogP contribution in [0.3, 0.4) is 0 Å². The third kappa shape index (κ3) is 4.90. The van der Waals surface area contributed by atoms with Crippen LogP contribution < -0.4 is 4.90 Å². The Hall–Kier alpha value is -3.36. The molecular formula is C26H23ClN4O3S. The number of benzene rings is 1. The van der Waals surface area contributed by atoms with Crippen LogP contribution in [0.2, 0.25) is 5.15 Å². The Morgan fingerprint density at radius 2 is 1.91 bits per heavy atom. The van der Waals surface area contributed by atoms with Crippen molar-refractivity contribution in [3.63, 3.8) is 0 Å². The molecule has 5 rings (SSSR count). The minimum Gasteiger partial charge on any atom is -0.301 e. The minimum absolute atomic E-state index is 0.112. The molecule has 0 N–H and O–H groups in total. The van der Waals surface area contributed by atoms with Crippen molar-refractivity contribution in [3.8, 4) is 0 Å². The number of aryl methyl sites for hydroxylation is 1. The average molecular weight is 507 g/mol. The standard InChI is InChI=1S/C26H23ClN4O3S/c1-16-12-19-6-5-17(13-22(19)30-24(16)27)15-31(23-4-3-11-28-25(23)35(2,33)34)26(32)20-9-10-21(29-14-20)18-7-8-18/h3-6,9-14,18H,7-8,15H2,1-2H3. The van der Waals surface area contributed by atoms with Crippen molar-refractivity contribution < 1.29 is 13.2 Å². The van der Waals surface area contributed by atoms with Crippen LogP contribution in [-0.2, 0) is 16.4 Å². The van der Waals surface area contributed by atoms with Crippen molar-refractivity contribution in [2.75, 3.05) is 11.2 Å². The fourth-order valence-corrected chi connectivity index (χ4v) is 4.98. The molecule has 1 saturated carbocycles. The highest BCUT2D eigenvalue weighted by atomic mass is 35.5. The highest BCUT2D eigenvalue weighted by Crippen LogP contribution is 2.39. The summed E-state index contributed by atoms with van der Waals surface area (Å²) in [5.41, 5.74) is 3.88. The molecule has 0 bridgehead atoms. The van der Waals surface area contributed by atoms with Gasteiger partial charge in [-0.3, -0.25) is 9.78 Å². The third-order valence-electron chi connectivity index (χ3n) is 6.02. The number of amides is 1. The summed E-state index contributed by atoms with van der Waals surface area (Å²) in [5, 5.41) is 1.18. The van der Waals surface area contributed by atoms with Gasteiger partial charge in [-0.2, -0.15) is 0 Å². The van der Waals surface area contributed by atoms with Crippen LogP contribution in [0.1, 0.15) is 45.9 Å². The fourth-order valence-electron chi connectivity index (χ4n) is 4.02. The first kappa shape index (κ1) is 23.4. The van der Waals surface area contributed by atoms with E-state index >= 15 is 0 Å². The summed E-state index contributed by atoms with van der Waals surface area (Å²) in [6.07, 6.45) is 6.26. The molecule has 1 fully saturated rings. The van der Waals surface area contributed by atoms with Crippen LogP contribution in [0.4, 0.5) is 5.69 Å². The van der Waals surface area contributed by atoms with Crippen molar-refractivity contribution in [1.82, 2.24) is 15.0 Å². The Kier molecular flexibility index (Phi) is 6.02. The molecule has 0 radical (unpaired) electrons. The molecule has 0 spiro atoms. The molecular weight excluding hydrogens is 484 g/mol. The number of hydrogen-bond donors (Lipinski definition) is 0. The highest BCUT2D eigenvalue weighted by molar-refractivity contribution is 7.90. The summed E-state index contributed by atoms with van der Waals surface area (Å²) in [4.78, 5) is 28.1. The first-order valence-corrected chi connectivity index (χ1v) is 13.5. The molecule has 9 heteroatoms. The third-order valence-corrected chi connectivity index (χ3v) is 7.42. The minimum atomic E-state index is -3.69. The van der Waals surface area contributed by atoms with Gasteiger partial charge in [-0.25, -0.2) is 18.4 Å². The van der Waals surface area contributed by atoms with E-state index in [1.807, 2.05) is 37.3 Å². The number of carbonyl (C=O) groups is 1. The van der Waals surface area contributed by atoms with Gasteiger partial charge < -0.3 is 4.90 Å². The van der Waals surface area contributed by atoms with Crippen LogP contribution in [0, 0.1) is 6.92 Å². The molecule has 1 aliphatic carbocycles. The Morgan fingerprint density at radius 3 is 2.60 bits per heavy atom. The molecule has 1 aromatic carbocycles. The zero-order chi connectivity index (χ0) is 24.7. The van der Waals surface area contributed by atoms with E-state index in [1.54, 1.807) is 24.4 Å². The first-order chi connectivity index (χ1) is 16.7. The van der Waals surface area contributed by atoms with E-state index in [9.17, 15) is 13.2 Å². The van der Waals surface area contributed by atoms with Gasteiger partial charge in [0.15, 0.2) is 14.9 Å². The van der Waals surface area contributed by atoms with Crippen LogP contribution in [-0.4, -0.2) is 35.5 Å². The van der Waals surface area contributed by atoms with Gasteiger partial charge in [-0.15, -0.1) is 0 Å². The topological polar surface area (TPSA) is 93.1 Å². The van der Waals surface area contributed by atoms with E-state index in [0.29, 0.717) is 22.2 Å². The van der Waals surface area contributed by atoms with Gasteiger partial charge in [0.2, 0.25) is 0 Å². The summed E-state index contributed by atoms with van der Waals surface area (Å²) in [6.45, 7) is 2.00. The number of halogens is 1. The monoisotopic (exact) mass is 506 g/mol. The lowest BCUT2D eigenvalue weighted by Gasteiger charge is -2.24. The smallest absolute Gasteiger partial charge is 0.260 e. The Labute approximate surface area is 208 Å². The van der Waals surface area contributed by atoms with Crippen molar-refractivity contribution in [2.24, 2.45) is 0 Å². The zero-order valence-corrected chi connectivity index (χ0v) is 20.8. The van der Waals surface area contributed by atoms with Crippen LogP contribution in [0.5, 0.6) is 0 Å². The second-order valence-electron chi connectivity index (χ2n) is 8.86. The maximum Gasteiger partial charge on any atom is 0.260 e. The summed E-state index contributed by atoms with van der Waals surface area (Å²) in [7, 11) is -3.69. The number of anilines is 1. The maximum atomic E-state index is 13.7. The Bertz CT molecular complexity index is 1550. The Morgan fingerprint density at radius 1 is 1.11 bits per heavy atom. The quantitative estimate of drug-likeness (QED) is 0.337. The number of sulfone groups is 1. The van der Waals surface area contributed by atoms with Gasteiger partial charge in [-0.1, -0.05) is 23.7 Å². The second kappa shape index (κ2) is 9.02. The second-order valence-corrected chi connectivity index (χ2v) is 11.1. The molecule has 0 unspecified atom stereocenters.